The van der Waals surface area contributed by atoms with Crippen LogP contribution in [0, 0.1) is 0 Å². The van der Waals surface area contributed by atoms with Gasteiger partial charge in [-0.15, -0.1) is 0 Å². The van der Waals surface area contributed by atoms with E-state index in [0.29, 0.717) is 21.9 Å². The first-order chi connectivity index (χ1) is 14.8. The van der Waals surface area contributed by atoms with E-state index < -0.39 is 0 Å². The van der Waals surface area contributed by atoms with Crippen LogP contribution < -0.4 is 5.43 Å². The standard InChI is InChI=1S/C28H38O2/c1-2-3-4-5-6-7-8-9-10-11-12-13-14-17-23-20-21-25-27(22-23)30-26-19-16-15-18-24(26)28(25)29/h15-16,18-22H,2-14,17H2,1H3. The second-order valence-electron chi connectivity index (χ2n) is 8.75. The van der Waals surface area contributed by atoms with Crippen LogP contribution in [0.1, 0.15) is 96.0 Å². The molecule has 0 aliphatic rings. The second kappa shape index (κ2) is 12.6. The van der Waals surface area contributed by atoms with Crippen LogP contribution in [0.2, 0.25) is 0 Å². The van der Waals surface area contributed by atoms with Crippen molar-refractivity contribution in [1.29, 1.82) is 0 Å². The van der Waals surface area contributed by atoms with Crippen molar-refractivity contribution in [3.63, 3.8) is 0 Å². The smallest absolute Gasteiger partial charge is 0.200 e. The monoisotopic (exact) mass is 406 g/mol. The molecule has 0 aliphatic heterocycles. The van der Waals surface area contributed by atoms with Crippen LogP contribution in [-0.4, -0.2) is 0 Å². The maximum absolute atomic E-state index is 12.6. The van der Waals surface area contributed by atoms with Crippen LogP contribution in [0.4, 0.5) is 0 Å². The third-order valence-electron chi connectivity index (χ3n) is 6.21. The fraction of sp³-hybridized carbons (Fsp3) is 0.536. The maximum Gasteiger partial charge on any atom is 0.200 e. The lowest BCUT2D eigenvalue weighted by atomic mass is 10.0. The molecule has 0 bridgehead atoms. The van der Waals surface area contributed by atoms with Crippen LogP contribution in [0.15, 0.2) is 51.7 Å². The molecule has 3 rings (SSSR count). The van der Waals surface area contributed by atoms with E-state index in [9.17, 15) is 4.79 Å². The summed E-state index contributed by atoms with van der Waals surface area (Å²) in [6.07, 6.45) is 19.0. The topological polar surface area (TPSA) is 30.2 Å². The van der Waals surface area contributed by atoms with Gasteiger partial charge in [0.25, 0.3) is 0 Å². The van der Waals surface area contributed by atoms with Crippen molar-refractivity contribution in [1.82, 2.24) is 0 Å². The first kappa shape index (κ1) is 22.6. The summed E-state index contributed by atoms with van der Waals surface area (Å²) in [5.41, 5.74) is 2.72. The number of fused-ring (bicyclic) bond motifs is 2. The van der Waals surface area contributed by atoms with Crippen LogP contribution in [0.25, 0.3) is 21.9 Å². The second-order valence-corrected chi connectivity index (χ2v) is 8.75. The van der Waals surface area contributed by atoms with Crippen LogP contribution >= 0.6 is 0 Å². The Morgan fingerprint density at radius 3 is 1.87 bits per heavy atom. The van der Waals surface area contributed by atoms with Gasteiger partial charge >= 0.3 is 0 Å². The van der Waals surface area contributed by atoms with Gasteiger partial charge in [-0.3, -0.25) is 4.79 Å². The van der Waals surface area contributed by atoms with Crippen molar-refractivity contribution >= 4 is 21.9 Å². The van der Waals surface area contributed by atoms with Gasteiger partial charge in [0.05, 0.1) is 10.8 Å². The molecule has 162 valence electrons. The van der Waals surface area contributed by atoms with Gasteiger partial charge in [-0.2, -0.15) is 0 Å². The van der Waals surface area contributed by atoms with Gasteiger partial charge in [-0.1, -0.05) is 102 Å². The van der Waals surface area contributed by atoms with Crippen molar-refractivity contribution in [2.75, 3.05) is 0 Å². The zero-order chi connectivity index (χ0) is 21.0. The van der Waals surface area contributed by atoms with E-state index in [1.807, 2.05) is 30.3 Å². The largest absolute Gasteiger partial charge is 0.456 e. The fourth-order valence-electron chi connectivity index (χ4n) is 4.35. The highest BCUT2D eigenvalue weighted by Crippen LogP contribution is 2.21. The van der Waals surface area contributed by atoms with E-state index in [-0.39, 0.29) is 5.43 Å². The Bertz CT molecular complexity index is 954. The average molecular weight is 407 g/mol. The van der Waals surface area contributed by atoms with Gasteiger partial charge < -0.3 is 4.42 Å². The van der Waals surface area contributed by atoms with Gasteiger partial charge in [0.1, 0.15) is 11.2 Å². The number of benzene rings is 2. The molecule has 0 saturated heterocycles. The minimum Gasteiger partial charge on any atom is -0.456 e. The Morgan fingerprint density at radius 1 is 0.633 bits per heavy atom. The number of unbranched alkanes of at least 4 members (excludes halogenated alkanes) is 12. The average Bonchev–Trinajstić information content (AvgIpc) is 2.77. The zero-order valence-corrected chi connectivity index (χ0v) is 18.8. The van der Waals surface area contributed by atoms with Gasteiger partial charge in [-0.25, -0.2) is 0 Å². The number of para-hydroxylation sites is 1. The molecule has 0 atom stereocenters. The molecule has 3 aromatic rings. The summed E-state index contributed by atoms with van der Waals surface area (Å²) >= 11 is 0. The van der Waals surface area contributed by atoms with Crippen LogP contribution in [0.3, 0.4) is 0 Å². The predicted octanol–water partition coefficient (Wildman–Crippen LogP) is 8.58. The molecule has 0 N–H and O–H groups in total. The highest BCUT2D eigenvalue weighted by atomic mass is 16.3. The van der Waals surface area contributed by atoms with Crippen molar-refractivity contribution in [3.05, 3.63) is 58.3 Å². The Labute approximate surface area is 181 Å². The van der Waals surface area contributed by atoms with Crippen LogP contribution in [-0.2, 0) is 6.42 Å². The lowest BCUT2D eigenvalue weighted by Crippen LogP contribution is -2.02. The zero-order valence-electron chi connectivity index (χ0n) is 18.8. The minimum atomic E-state index is 0.0689. The molecule has 0 unspecified atom stereocenters. The molecule has 2 heteroatoms. The molecule has 0 radical (unpaired) electrons. The summed E-state index contributed by atoms with van der Waals surface area (Å²) in [7, 11) is 0. The van der Waals surface area contributed by atoms with E-state index >= 15 is 0 Å². The molecule has 1 aromatic heterocycles. The van der Waals surface area contributed by atoms with E-state index in [1.54, 1.807) is 0 Å². The van der Waals surface area contributed by atoms with Crippen molar-refractivity contribution in [3.8, 4) is 0 Å². The summed E-state index contributed by atoms with van der Waals surface area (Å²) < 4.78 is 5.99. The van der Waals surface area contributed by atoms with Crippen molar-refractivity contribution in [2.24, 2.45) is 0 Å². The van der Waals surface area contributed by atoms with Crippen LogP contribution in [0.5, 0.6) is 0 Å². The summed E-state index contributed by atoms with van der Waals surface area (Å²) in [5, 5.41) is 1.34. The highest BCUT2D eigenvalue weighted by molar-refractivity contribution is 5.89. The third-order valence-corrected chi connectivity index (χ3v) is 6.21. The van der Waals surface area contributed by atoms with E-state index in [0.717, 1.165) is 6.42 Å². The van der Waals surface area contributed by atoms with Gasteiger partial charge in [0.15, 0.2) is 0 Å². The molecule has 0 aliphatic carbocycles. The Morgan fingerprint density at radius 2 is 1.20 bits per heavy atom. The van der Waals surface area contributed by atoms with Crippen molar-refractivity contribution in [2.45, 2.75) is 96.8 Å². The predicted molar refractivity (Wildman–Crippen MR) is 129 cm³/mol. The SMILES string of the molecule is CCCCCCCCCCCCCCCc1ccc2c(=O)c3ccccc3oc2c1. The fourth-order valence-corrected chi connectivity index (χ4v) is 4.35. The Hall–Kier alpha value is -2.09. The quantitative estimate of drug-likeness (QED) is 0.198. The molecule has 0 spiro atoms. The first-order valence-corrected chi connectivity index (χ1v) is 12.2. The maximum atomic E-state index is 12.6. The molecule has 0 saturated carbocycles. The molecule has 2 aromatic carbocycles. The Balaban J connectivity index is 1.33. The number of rotatable bonds is 14. The summed E-state index contributed by atoms with van der Waals surface area (Å²) in [4.78, 5) is 12.6. The van der Waals surface area contributed by atoms with Gasteiger partial charge in [0, 0.05) is 0 Å². The van der Waals surface area contributed by atoms with Gasteiger partial charge in [0.2, 0.25) is 5.43 Å². The molecule has 2 nitrogen and oxygen atoms in total. The minimum absolute atomic E-state index is 0.0689. The summed E-state index contributed by atoms with van der Waals surface area (Å²) in [6, 6.07) is 13.6. The molecule has 30 heavy (non-hydrogen) atoms. The lowest BCUT2D eigenvalue weighted by molar-refractivity contribution is 0.539. The number of hydrogen-bond acceptors (Lipinski definition) is 2. The Kier molecular flexibility index (Phi) is 9.47. The highest BCUT2D eigenvalue weighted by Gasteiger charge is 2.07. The third kappa shape index (κ3) is 6.72. The van der Waals surface area contributed by atoms with E-state index in [4.69, 9.17) is 4.42 Å². The number of hydrogen-bond donors (Lipinski definition) is 0. The molecular weight excluding hydrogens is 368 g/mol. The summed E-state index contributed by atoms with van der Waals surface area (Å²) in [5.74, 6) is 0. The lowest BCUT2D eigenvalue weighted by Gasteiger charge is -2.05. The summed E-state index contributed by atoms with van der Waals surface area (Å²) in [6.45, 7) is 2.28. The molecule has 1 heterocycles. The van der Waals surface area contributed by atoms with Crippen molar-refractivity contribution < 1.29 is 4.42 Å². The molecule has 0 amide bonds. The van der Waals surface area contributed by atoms with E-state index in [1.165, 1.54) is 89.0 Å². The number of aryl methyl sites for hydroxylation is 1. The molecule has 0 fully saturated rings. The molecular formula is C28H38O2. The first-order valence-electron chi connectivity index (χ1n) is 12.2. The normalized spacial score (nSPS) is 11.5. The van der Waals surface area contributed by atoms with Gasteiger partial charge in [-0.05, 0) is 42.7 Å². The van der Waals surface area contributed by atoms with E-state index in [2.05, 4.69) is 19.1 Å².